The van der Waals surface area contributed by atoms with E-state index in [1.807, 2.05) is 12.1 Å². The Labute approximate surface area is 135 Å². The van der Waals surface area contributed by atoms with Crippen LogP contribution in [-0.2, 0) is 4.74 Å². The Hall–Kier alpha value is -2.67. The minimum Gasteiger partial charge on any atom is -0.464 e. The van der Waals surface area contributed by atoms with Gasteiger partial charge < -0.3 is 15.0 Å². The van der Waals surface area contributed by atoms with Crippen LogP contribution < -0.4 is 5.73 Å². The van der Waals surface area contributed by atoms with Gasteiger partial charge in [0.25, 0.3) is 0 Å². The van der Waals surface area contributed by atoms with E-state index >= 15 is 0 Å². The zero-order chi connectivity index (χ0) is 16.4. The molecule has 2 rings (SSSR count). The van der Waals surface area contributed by atoms with Crippen molar-refractivity contribution in [2.45, 2.75) is 0 Å². The summed E-state index contributed by atoms with van der Waals surface area (Å²) in [5, 5.41) is 18.2. The average molecular weight is 335 g/mol. The number of nitriles is 2. The number of nitrogens with two attached hydrogens (primary N) is 1. The summed E-state index contributed by atoms with van der Waals surface area (Å²) >= 11 is 12.3. The fourth-order valence-electron chi connectivity index (χ4n) is 1.95. The lowest BCUT2D eigenvalue weighted by atomic mass is 10.2. The number of ether oxygens (including phenoxy) is 1. The third-order valence-corrected chi connectivity index (χ3v) is 3.51. The summed E-state index contributed by atoms with van der Waals surface area (Å²) in [7, 11) is 1.19. The Morgan fingerprint density at radius 2 is 1.86 bits per heavy atom. The summed E-state index contributed by atoms with van der Waals surface area (Å²) in [6, 6.07) is 6.58. The van der Waals surface area contributed by atoms with Gasteiger partial charge in [0.05, 0.1) is 45.7 Å². The van der Waals surface area contributed by atoms with Gasteiger partial charge in [0.15, 0.2) is 5.69 Å². The van der Waals surface area contributed by atoms with Crippen molar-refractivity contribution in [2.75, 3.05) is 12.8 Å². The van der Waals surface area contributed by atoms with Crippen molar-refractivity contribution in [2.24, 2.45) is 0 Å². The topological polar surface area (TPSA) is 105 Å². The molecule has 0 radical (unpaired) electrons. The van der Waals surface area contributed by atoms with E-state index in [2.05, 4.69) is 4.74 Å². The van der Waals surface area contributed by atoms with E-state index in [0.29, 0.717) is 0 Å². The van der Waals surface area contributed by atoms with E-state index in [9.17, 15) is 4.79 Å². The Bertz CT molecular complexity index is 836. The number of nitrogens with zero attached hydrogens (tertiary/aromatic N) is 3. The summed E-state index contributed by atoms with van der Waals surface area (Å²) in [6.07, 6.45) is 1.33. The molecule has 2 N–H and O–H groups in total. The molecule has 0 unspecified atom stereocenters. The number of hydrogen-bond acceptors (Lipinski definition) is 5. The lowest BCUT2D eigenvalue weighted by molar-refractivity contribution is 0.0593. The molecule has 2 aromatic rings. The van der Waals surface area contributed by atoms with Crippen LogP contribution in [-0.4, -0.2) is 17.6 Å². The van der Waals surface area contributed by atoms with Crippen molar-refractivity contribution in [1.29, 1.82) is 10.5 Å². The van der Waals surface area contributed by atoms with Gasteiger partial charge in [0.2, 0.25) is 0 Å². The van der Waals surface area contributed by atoms with Crippen molar-refractivity contribution in [1.82, 2.24) is 4.57 Å². The van der Waals surface area contributed by atoms with Gasteiger partial charge in [0.1, 0.15) is 6.07 Å². The number of rotatable bonds is 2. The normalized spacial score (nSPS) is 9.86. The number of carbonyl (C=O) groups excluding carboxylic acids is 1. The molecule has 0 amide bonds. The average Bonchev–Trinajstić information content (AvgIpc) is 2.82. The third-order valence-electron chi connectivity index (χ3n) is 2.93. The summed E-state index contributed by atoms with van der Waals surface area (Å²) in [6.45, 7) is 0. The Kier molecular flexibility index (Phi) is 4.27. The van der Waals surface area contributed by atoms with Crippen molar-refractivity contribution < 1.29 is 9.53 Å². The minimum absolute atomic E-state index is 0.0363. The van der Waals surface area contributed by atoms with Crippen molar-refractivity contribution in [3.63, 3.8) is 0 Å². The first-order chi connectivity index (χ1) is 10.4. The molecule has 0 atom stereocenters. The number of methoxy groups -OCH3 is 1. The quantitative estimate of drug-likeness (QED) is 0.850. The fourth-order valence-corrected chi connectivity index (χ4v) is 2.62. The van der Waals surface area contributed by atoms with E-state index in [1.54, 1.807) is 0 Å². The molecule has 0 saturated carbocycles. The van der Waals surface area contributed by atoms with Gasteiger partial charge in [-0.25, -0.2) is 4.79 Å². The maximum absolute atomic E-state index is 11.9. The second-order valence-electron chi connectivity index (χ2n) is 4.18. The molecule has 110 valence electrons. The second-order valence-corrected chi connectivity index (χ2v) is 4.99. The lowest BCUT2D eigenvalue weighted by Crippen LogP contribution is -2.11. The first-order valence-electron chi connectivity index (χ1n) is 5.83. The van der Waals surface area contributed by atoms with E-state index < -0.39 is 5.97 Å². The van der Waals surface area contributed by atoms with Crippen LogP contribution in [0, 0.1) is 22.7 Å². The molecule has 22 heavy (non-hydrogen) atoms. The Balaban J connectivity index is 2.82. The van der Waals surface area contributed by atoms with Crippen LogP contribution in [0.15, 0.2) is 18.3 Å². The van der Waals surface area contributed by atoms with Crippen molar-refractivity contribution >= 4 is 34.9 Å². The zero-order valence-electron chi connectivity index (χ0n) is 11.2. The molecule has 1 aromatic carbocycles. The van der Waals surface area contributed by atoms with Gasteiger partial charge in [0, 0.05) is 6.20 Å². The highest BCUT2D eigenvalue weighted by Crippen LogP contribution is 2.34. The molecule has 0 aliphatic heterocycles. The first-order valence-corrected chi connectivity index (χ1v) is 6.59. The maximum atomic E-state index is 11.9. The van der Waals surface area contributed by atoms with Crippen LogP contribution in [0.3, 0.4) is 0 Å². The molecule has 1 heterocycles. The van der Waals surface area contributed by atoms with Gasteiger partial charge in [-0.15, -0.1) is 0 Å². The van der Waals surface area contributed by atoms with Gasteiger partial charge >= 0.3 is 5.97 Å². The smallest absolute Gasteiger partial charge is 0.357 e. The molecule has 8 heteroatoms. The zero-order valence-corrected chi connectivity index (χ0v) is 12.7. The number of anilines is 1. The summed E-state index contributed by atoms with van der Waals surface area (Å²) < 4.78 is 5.96. The molecular formula is C14H8Cl2N4O2. The Morgan fingerprint density at radius 3 is 2.32 bits per heavy atom. The maximum Gasteiger partial charge on any atom is 0.357 e. The molecule has 0 spiro atoms. The predicted octanol–water partition coefficient (Wildman–Crippen LogP) is 2.90. The highest BCUT2D eigenvalue weighted by atomic mass is 35.5. The number of nitrogen functional groups attached to an aromatic ring is 1. The largest absolute Gasteiger partial charge is 0.464 e. The molecule has 6 nitrogen and oxygen atoms in total. The van der Waals surface area contributed by atoms with Crippen molar-refractivity contribution in [3.8, 4) is 17.8 Å². The van der Waals surface area contributed by atoms with Crippen LogP contribution >= 0.6 is 23.2 Å². The number of halogens is 2. The molecule has 0 aliphatic carbocycles. The van der Waals surface area contributed by atoms with Crippen LogP contribution in [0.5, 0.6) is 0 Å². The van der Waals surface area contributed by atoms with Crippen LogP contribution in [0.25, 0.3) is 5.69 Å². The van der Waals surface area contributed by atoms with Crippen LogP contribution in [0.1, 0.15) is 21.6 Å². The standard InChI is InChI=1S/C14H8Cl2N4O2/c1-22-14(21)13-11(19)8(5-18)6-20(13)12-9(15)2-7(4-17)3-10(12)16/h2-3,6H,19H2,1H3. The summed E-state index contributed by atoms with van der Waals surface area (Å²) in [5.41, 5.74) is 6.28. The predicted molar refractivity (Wildman–Crippen MR) is 81.0 cm³/mol. The van der Waals surface area contributed by atoms with E-state index in [0.717, 1.165) is 0 Å². The summed E-state index contributed by atoms with van der Waals surface area (Å²) in [4.78, 5) is 11.9. The summed E-state index contributed by atoms with van der Waals surface area (Å²) in [5.74, 6) is -0.740. The van der Waals surface area contributed by atoms with Crippen molar-refractivity contribution in [3.05, 3.63) is 45.2 Å². The number of carbonyl (C=O) groups is 1. The number of aromatic nitrogens is 1. The number of esters is 1. The van der Waals surface area contributed by atoms with E-state index in [1.165, 1.54) is 30.0 Å². The second kappa shape index (κ2) is 5.98. The van der Waals surface area contributed by atoms with E-state index in [4.69, 9.17) is 39.5 Å². The highest BCUT2D eigenvalue weighted by molar-refractivity contribution is 6.38. The number of hydrogen-bond donors (Lipinski definition) is 1. The SMILES string of the molecule is COC(=O)c1c(N)c(C#N)cn1-c1c(Cl)cc(C#N)cc1Cl. The molecular weight excluding hydrogens is 327 g/mol. The molecule has 0 aliphatic rings. The van der Waals surface area contributed by atoms with Crippen LogP contribution in [0.2, 0.25) is 10.0 Å². The Morgan fingerprint density at radius 1 is 1.27 bits per heavy atom. The minimum atomic E-state index is -0.740. The molecule has 1 aromatic heterocycles. The lowest BCUT2D eigenvalue weighted by Gasteiger charge is -2.12. The van der Waals surface area contributed by atoms with E-state index in [-0.39, 0.29) is 38.2 Å². The van der Waals surface area contributed by atoms with Gasteiger partial charge in [-0.1, -0.05) is 23.2 Å². The van der Waals surface area contributed by atoms with Gasteiger partial charge in [-0.3, -0.25) is 0 Å². The third kappa shape index (κ3) is 2.46. The fraction of sp³-hybridized carbons (Fsp3) is 0.0714. The monoisotopic (exact) mass is 334 g/mol. The van der Waals surface area contributed by atoms with Gasteiger partial charge in [-0.05, 0) is 12.1 Å². The first kappa shape index (κ1) is 15.7. The highest BCUT2D eigenvalue weighted by Gasteiger charge is 2.24. The van der Waals surface area contributed by atoms with Crippen LogP contribution in [0.4, 0.5) is 5.69 Å². The molecule has 0 saturated heterocycles. The number of benzene rings is 1. The molecule has 0 fully saturated rings. The van der Waals surface area contributed by atoms with Gasteiger partial charge in [-0.2, -0.15) is 10.5 Å². The molecule has 0 bridgehead atoms.